The van der Waals surface area contributed by atoms with Gasteiger partial charge in [0.05, 0.1) is 13.2 Å². The van der Waals surface area contributed by atoms with Gasteiger partial charge in [0.1, 0.15) is 17.2 Å². The van der Waals surface area contributed by atoms with Gasteiger partial charge in [-0.1, -0.05) is 6.07 Å². The van der Waals surface area contributed by atoms with Crippen molar-refractivity contribution < 1.29 is 18.3 Å². The van der Waals surface area contributed by atoms with Gasteiger partial charge >= 0.3 is 0 Å². The highest BCUT2D eigenvalue weighted by molar-refractivity contribution is 5.94. The lowest BCUT2D eigenvalue weighted by molar-refractivity contribution is 0.0383. The molecule has 1 heterocycles. The number of hydrogen-bond donors (Lipinski definition) is 1. The Bertz CT molecular complexity index is 428. The molecule has 0 aromatic heterocycles. The van der Waals surface area contributed by atoms with Gasteiger partial charge in [-0.25, -0.2) is 8.78 Å². The quantitative estimate of drug-likeness (QED) is 0.888. The van der Waals surface area contributed by atoms with Crippen molar-refractivity contribution in [1.29, 1.82) is 0 Å². The fourth-order valence-corrected chi connectivity index (χ4v) is 1.96. The molecule has 0 bridgehead atoms. The zero-order valence-electron chi connectivity index (χ0n) is 10.5. The molecule has 1 saturated heterocycles. The van der Waals surface area contributed by atoms with Crippen LogP contribution in [0, 0.1) is 11.6 Å². The number of carbonyl (C=O) groups is 1. The van der Waals surface area contributed by atoms with Crippen molar-refractivity contribution in [2.24, 2.45) is 0 Å². The average molecular weight is 270 g/mol. The van der Waals surface area contributed by atoms with Crippen LogP contribution in [-0.4, -0.2) is 50.2 Å². The molecule has 1 aliphatic rings. The first-order chi connectivity index (χ1) is 9.18. The summed E-state index contributed by atoms with van der Waals surface area (Å²) in [6.07, 6.45) is 0. The van der Waals surface area contributed by atoms with Crippen molar-refractivity contribution in [2.45, 2.75) is 0 Å². The Balaban J connectivity index is 1.84. The summed E-state index contributed by atoms with van der Waals surface area (Å²) in [5.74, 6) is -2.41. The SMILES string of the molecule is O=C(NCCN1CCOCC1)c1c(F)cccc1F. The average Bonchev–Trinajstić information content (AvgIpc) is 2.40. The van der Waals surface area contributed by atoms with E-state index in [4.69, 9.17) is 4.74 Å². The normalized spacial score (nSPS) is 16.3. The van der Waals surface area contributed by atoms with Crippen LogP contribution < -0.4 is 5.32 Å². The standard InChI is InChI=1S/C13H16F2N2O2/c14-10-2-1-3-11(15)12(10)13(18)16-4-5-17-6-8-19-9-7-17/h1-3H,4-9H2,(H,16,18). The van der Waals surface area contributed by atoms with Gasteiger partial charge in [-0.3, -0.25) is 9.69 Å². The Morgan fingerprint density at radius 2 is 1.89 bits per heavy atom. The van der Waals surface area contributed by atoms with Crippen LogP contribution in [0.4, 0.5) is 8.78 Å². The fraction of sp³-hybridized carbons (Fsp3) is 0.462. The lowest BCUT2D eigenvalue weighted by atomic mass is 10.2. The lowest BCUT2D eigenvalue weighted by Crippen LogP contribution is -2.41. The molecule has 104 valence electrons. The summed E-state index contributed by atoms with van der Waals surface area (Å²) < 4.78 is 31.9. The number of halogens is 2. The van der Waals surface area contributed by atoms with E-state index in [2.05, 4.69) is 10.2 Å². The second-order valence-corrected chi connectivity index (χ2v) is 4.31. The maximum Gasteiger partial charge on any atom is 0.257 e. The van der Waals surface area contributed by atoms with Crippen LogP contribution in [0.25, 0.3) is 0 Å². The van der Waals surface area contributed by atoms with Gasteiger partial charge in [0.2, 0.25) is 0 Å². The summed E-state index contributed by atoms with van der Waals surface area (Å²) in [7, 11) is 0. The van der Waals surface area contributed by atoms with E-state index >= 15 is 0 Å². The number of hydrogen-bond acceptors (Lipinski definition) is 3. The Labute approximate surface area is 110 Å². The largest absolute Gasteiger partial charge is 0.379 e. The molecule has 1 N–H and O–H groups in total. The van der Waals surface area contributed by atoms with Crippen molar-refractivity contribution in [3.63, 3.8) is 0 Å². The van der Waals surface area contributed by atoms with Crippen molar-refractivity contribution in [2.75, 3.05) is 39.4 Å². The second kappa shape index (κ2) is 6.58. The molecule has 2 rings (SSSR count). The third-order valence-electron chi connectivity index (χ3n) is 3.01. The van der Waals surface area contributed by atoms with Gasteiger partial charge in [0, 0.05) is 26.2 Å². The third-order valence-corrected chi connectivity index (χ3v) is 3.01. The first-order valence-corrected chi connectivity index (χ1v) is 6.21. The van der Waals surface area contributed by atoms with Gasteiger partial charge in [0.25, 0.3) is 5.91 Å². The van der Waals surface area contributed by atoms with Crippen molar-refractivity contribution in [3.8, 4) is 0 Å². The topological polar surface area (TPSA) is 41.6 Å². The zero-order valence-corrected chi connectivity index (χ0v) is 10.5. The predicted octanol–water partition coefficient (Wildman–Crippen LogP) is 1.03. The molecule has 1 fully saturated rings. The number of rotatable bonds is 4. The maximum atomic E-state index is 13.4. The fourth-order valence-electron chi connectivity index (χ4n) is 1.96. The molecule has 1 aromatic rings. The molecular weight excluding hydrogens is 254 g/mol. The molecule has 0 radical (unpaired) electrons. The van der Waals surface area contributed by atoms with Crippen LogP contribution >= 0.6 is 0 Å². The first-order valence-electron chi connectivity index (χ1n) is 6.21. The summed E-state index contributed by atoms with van der Waals surface area (Å²) in [4.78, 5) is 13.8. The van der Waals surface area contributed by atoms with Gasteiger partial charge in [-0.2, -0.15) is 0 Å². The zero-order chi connectivity index (χ0) is 13.7. The summed E-state index contributed by atoms with van der Waals surface area (Å²) in [5, 5.41) is 2.53. The summed E-state index contributed by atoms with van der Waals surface area (Å²) >= 11 is 0. The Kier molecular flexibility index (Phi) is 4.81. The van der Waals surface area contributed by atoms with Crippen LogP contribution in [0.15, 0.2) is 18.2 Å². The molecule has 1 aromatic carbocycles. The molecule has 6 heteroatoms. The molecule has 0 spiro atoms. The summed E-state index contributed by atoms with van der Waals surface area (Å²) in [6.45, 7) is 3.97. The molecule has 19 heavy (non-hydrogen) atoms. The van der Waals surface area contributed by atoms with E-state index in [1.165, 1.54) is 6.07 Å². The van der Waals surface area contributed by atoms with Gasteiger partial charge in [0.15, 0.2) is 0 Å². The van der Waals surface area contributed by atoms with E-state index in [0.717, 1.165) is 25.2 Å². The first kappa shape index (κ1) is 13.9. The predicted molar refractivity (Wildman–Crippen MR) is 66.0 cm³/mol. The Morgan fingerprint density at radius 1 is 1.26 bits per heavy atom. The van der Waals surface area contributed by atoms with Gasteiger partial charge < -0.3 is 10.1 Å². The van der Waals surface area contributed by atoms with E-state index in [1.807, 2.05) is 0 Å². The van der Waals surface area contributed by atoms with Crippen LogP contribution in [-0.2, 0) is 4.74 Å². The smallest absolute Gasteiger partial charge is 0.257 e. The van der Waals surface area contributed by atoms with E-state index in [9.17, 15) is 13.6 Å². The molecule has 0 atom stereocenters. The van der Waals surface area contributed by atoms with Gasteiger partial charge in [-0.15, -0.1) is 0 Å². The number of nitrogens with zero attached hydrogens (tertiary/aromatic N) is 1. The molecule has 0 aliphatic carbocycles. The summed E-state index contributed by atoms with van der Waals surface area (Å²) in [6, 6.07) is 3.37. The van der Waals surface area contributed by atoms with Crippen LogP contribution in [0.5, 0.6) is 0 Å². The number of nitrogens with one attached hydrogen (secondary N) is 1. The highest BCUT2D eigenvalue weighted by atomic mass is 19.1. The van der Waals surface area contributed by atoms with Crippen molar-refractivity contribution >= 4 is 5.91 Å². The molecule has 0 saturated carbocycles. The number of benzene rings is 1. The van der Waals surface area contributed by atoms with E-state index in [0.29, 0.717) is 26.3 Å². The van der Waals surface area contributed by atoms with Crippen LogP contribution in [0.3, 0.4) is 0 Å². The monoisotopic (exact) mass is 270 g/mol. The number of carbonyl (C=O) groups excluding carboxylic acids is 1. The number of ether oxygens (including phenoxy) is 1. The third kappa shape index (κ3) is 3.71. The van der Waals surface area contributed by atoms with Crippen LogP contribution in [0.1, 0.15) is 10.4 Å². The highest BCUT2D eigenvalue weighted by Crippen LogP contribution is 2.11. The number of amides is 1. The Morgan fingerprint density at radius 3 is 2.53 bits per heavy atom. The molecule has 4 nitrogen and oxygen atoms in total. The van der Waals surface area contributed by atoms with E-state index in [1.54, 1.807) is 0 Å². The van der Waals surface area contributed by atoms with Crippen molar-refractivity contribution in [1.82, 2.24) is 10.2 Å². The van der Waals surface area contributed by atoms with Crippen LogP contribution in [0.2, 0.25) is 0 Å². The van der Waals surface area contributed by atoms with E-state index in [-0.39, 0.29) is 0 Å². The highest BCUT2D eigenvalue weighted by Gasteiger charge is 2.17. The van der Waals surface area contributed by atoms with Gasteiger partial charge in [-0.05, 0) is 12.1 Å². The maximum absolute atomic E-state index is 13.4. The molecular formula is C13H16F2N2O2. The molecule has 1 aliphatic heterocycles. The lowest BCUT2D eigenvalue weighted by Gasteiger charge is -2.26. The minimum atomic E-state index is -0.844. The second-order valence-electron chi connectivity index (χ2n) is 4.31. The minimum absolute atomic E-state index is 0.354. The van der Waals surface area contributed by atoms with E-state index < -0.39 is 23.1 Å². The summed E-state index contributed by atoms with van der Waals surface area (Å²) in [5.41, 5.74) is -0.524. The number of morpholine rings is 1. The minimum Gasteiger partial charge on any atom is -0.379 e. The van der Waals surface area contributed by atoms with Crippen molar-refractivity contribution in [3.05, 3.63) is 35.4 Å². The molecule has 0 unspecified atom stereocenters. The molecule has 1 amide bonds. The Hall–Kier alpha value is -1.53.